The van der Waals surface area contributed by atoms with E-state index in [0.717, 1.165) is 19.4 Å². The van der Waals surface area contributed by atoms with E-state index in [1.165, 1.54) is 12.5 Å². The molecular weight excluding hydrogens is 306 g/mol. The van der Waals surface area contributed by atoms with Crippen LogP contribution >= 0.6 is 0 Å². The predicted octanol–water partition coefficient (Wildman–Crippen LogP) is 1.84. The van der Waals surface area contributed by atoms with Crippen LogP contribution in [-0.2, 0) is 4.79 Å². The van der Waals surface area contributed by atoms with Gasteiger partial charge in [-0.2, -0.15) is 0 Å². The van der Waals surface area contributed by atoms with Crippen molar-refractivity contribution in [1.29, 1.82) is 0 Å². The summed E-state index contributed by atoms with van der Waals surface area (Å²) in [5.74, 6) is -0.148. The lowest BCUT2D eigenvalue weighted by Gasteiger charge is -2.33. The van der Waals surface area contributed by atoms with Gasteiger partial charge in [0.2, 0.25) is 5.91 Å². The minimum absolute atomic E-state index is 0.0140. The standard InChI is InChI=1S/C18H29N3O3/c1-18(2,13-20(3)4)12-19-16(22)14-6-5-8-21(10-14)17(23)15-7-9-24-11-15/h7,9,11,14H,5-6,8,10,12-13H2,1-4H3,(H,19,22). The fourth-order valence-corrected chi connectivity index (χ4v) is 3.33. The molecule has 2 amide bonds. The number of likely N-dealkylation sites (tertiary alicyclic amines) is 1. The molecule has 0 saturated carbocycles. The number of piperidine rings is 1. The molecule has 0 aliphatic carbocycles. The van der Waals surface area contributed by atoms with Crippen LogP contribution in [0.5, 0.6) is 0 Å². The lowest BCUT2D eigenvalue weighted by atomic mass is 9.91. The molecule has 1 aliphatic heterocycles. The van der Waals surface area contributed by atoms with Crippen molar-refractivity contribution in [2.75, 3.05) is 40.3 Å². The number of rotatable bonds is 6. The van der Waals surface area contributed by atoms with Crippen LogP contribution in [0, 0.1) is 11.3 Å². The third-order valence-corrected chi connectivity index (χ3v) is 4.33. The first-order valence-electron chi connectivity index (χ1n) is 8.52. The molecule has 1 aliphatic rings. The summed E-state index contributed by atoms with van der Waals surface area (Å²) in [4.78, 5) is 28.8. The fourth-order valence-electron chi connectivity index (χ4n) is 3.33. The Bertz CT molecular complexity index is 552. The molecule has 1 unspecified atom stereocenters. The minimum atomic E-state index is -0.134. The first kappa shape index (κ1) is 18.5. The maximum atomic E-state index is 12.5. The number of nitrogens with zero attached hydrogens (tertiary/aromatic N) is 2. The number of carbonyl (C=O) groups is 2. The number of amides is 2. The van der Waals surface area contributed by atoms with Crippen molar-refractivity contribution in [2.24, 2.45) is 11.3 Å². The third-order valence-electron chi connectivity index (χ3n) is 4.33. The molecule has 0 radical (unpaired) electrons. The van der Waals surface area contributed by atoms with Crippen LogP contribution in [0.15, 0.2) is 23.0 Å². The largest absolute Gasteiger partial charge is 0.472 e. The Kier molecular flexibility index (Phi) is 6.04. The van der Waals surface area contributed by atoms with Gasteiger partial charge in [-0.25, -0.2) is 0 Å². The average molecular weight is 335 g/mol. The van der Waals surface area contributed by atoms with Gasteiger partial charge in [-0.3, -0.25) is 9.59 Å². The van der Waals surface area contributed by atoms with Gasteiger partial charge in [-0.05, 0) is 38.4 Å². The van der Waals surface area contributed by atoms with Gasteiger partial charge < -0.3 is 19.5 Å². The van der Waals surface area contributed by atoms with Crippen molar-refractivity contribution in [3.63, 3.8) is 0 Å². The van der Waals surface area contributed by atoms with Gasteiger partial charge in [0.15, 0.2) is 0 Å². The molecule has 6 heteroatoms. The van der Waals surface area contributed by atoms with Gasteiger partial charge in [0, 0.05) is 26.2 Å². The topological polar surface area (TPSA) is 65.8 Å². The summed E-state index contributed by atoms with van der Waals surface area (Å²) in [5, 5.41) is 3.07. The van der Waals surface area contributed by atoms with E-state index >= 15 is 0 Å². The molecule has 1 saturated heterocycles. The van der Waals surface area contributed by atoms with E-state index in [-0.39, 0.29) is 23.1 Å². The molecule has 24 heavy (non-hydrogen) atoms. The fraction of sp³-hybridized carbons (Fsp3) is 0.667. The quantitative estimate of drug-likeness (QED) is 0.861. The highest BCUT2D eigenvalue weighted by molar-refractivity contribution is 5.94. The van der Waals surface area contributed by atoms with Crippen LogP contribution in [-0.4, -0.2) is 61.9 Å². The molecule has 1 N–H and O–H groups in total. The van der Waals surface area contributed by atoms with Gasteiger partial charge in [0.1, 0.15) is 6.26 Å². The van der Waals surface area contributed by atoms with Crippen LogP contribution in [0.25, 0.3) is 0 Å². The maximum Gasteiger partial charge on any atom is 0.257 e. The second kappa shape index (κ2) is 7.83. The SMILES string of the molecule is CN(C)CC(C)(C)CNC(=O)C1CCCN(C(=O)c2ccoc2)C1. The van der Waals surface area contributed by atoms with E-state index in [1.54, 1.807) is 11.0 Å². The number of hydrogen-bond donors (Lipinski definition) is 1. The van der Waals surface area contributed by atoms with Crippen molar-refractivity contribution < 1.29 is 14.0 Å². The van der Waals surface area contributed by atoms with E-state index in [4.69, 9.17) is 4.42 Å². The lowest BCUT2D eigenvalue weighted by molar-refractivity contribution is -0.126. The molecule has 0 bridgehead atoms. The maximum absolute atomic E-state index is 12.5. The second-order valence-corrected chi connectivity index (χ2v) is 7.72. The summed E-state index contributed by atoms with van der Waals surface area (Å²) in [7, 11) is 4.06. The van der Waals surface area contributed by atoms with Crippen molar-refractivity contribution in [2.45, 2.75) is 26.7 Å². The monoisotopic (exact) mass is 335 g/mol. The van der Waals surface area contributed by atoms with Crippen LogP contribution in [0.2, 0.25) is 0 Å². The molecule has 0 spiro atoms. The molecule has 1 fully saturated rings. The van der Waals surface area contributed by atoms with Crippen molar-refractivity contribution >= 4 is 11.8 Å². The first-order valence-corrected chi connectivity index (χ1v) is 8.52. The highest BCUT2D eigenvalue weighted by Gasteiger charge is 2.30. The Morgan fingerprint density at radius 2 is 2.17 bits per heavy atom. The molecule has 1 atom stereocenters. The Morgan fingerprint density at radius 3 is 2.79 bits per heavy atom. The molecule has 2 rings (SSSR count). The highest BCUT2D eigenvalue weighted by Crippen LogP contribution is 2.20. The Balaban J connectivity index is 1.87. The summed E-state index contributed by atoms with van der Waals surface area (Å²) in [6.45, 7) is 6.99. The van der Waals surface area contributed by atoms with Crippen molar-refractivity contribution in [3.05, 3.63) is 24.2 Å². The normalized spacial score (nSPS) is 18.7. The van der Waals surface area contributed by atoms with Crippen LogP contribution in [0.4, 0.5) is 0 Å². The minimum Gasteiger partial charge on any atom is -0.472 e. The molecule has 1 aromatic rings. The molecule has 0 aromatic carbocycles. The van der Waals surface area contributed by atoms with Gasteiger partial charge in [-0.1, -0.05) is 13.8 Å². The number of carbonyl (C=O) groups excluding carboxylic acids is 2. The predicted molar refractivity (Wildman–Crippen MR) is 92.7 cm³/mol. The van der Waals surface area contributed by atoms with E-state index < -0.39 is 0 Å². The second-order valence-electron chi connectivity index (χ2n) is 7.72. The number of furan rings is 1. The molecule has 6 nitrogen and oxygen atoms in total. The number of hydrogen-bond acceptors (Lipinski definition) is 4. The molecular formula is C18H29N3O3. The zero-order valence-corrected chi connectivity index (χ0v) is 15.2. The van der Waals surface area contributed by atoms with Crippen LogP contribution < -0.4 is 5.32 Å². The Morgan fingerprint density at radius 1 is 1.42 bits per heavy atom. The summed E-state index contributed by atoms with van der Waals surface area (Å²) in [6, 6.07) is 1.66. The van der Waals surface area contributed by atoms with Crippen LogP contribution in [0.1, 0.15) is 37.0 Å². The van der Waals surface area contributed by atoms with Crippen LogP contribution in [0.3, 0.4) is 0 Å². The van der Waals surface area contributed by atoms with E-state index in [0.29, 0.717) is 25.2 Å². The Labute approximate surface area is 144 Å². The third kappa shape index (κ3) is 5.09. The molecule has 1 aromatic heterocycles. The zero-order valence-electron chi connectivity index (χ0n) is 15.2. The van der Waals surface area contributed by atoms with Gasteiger partial charge in [0.25, 0.3) is 5.91 Å². The van der Waals surface area contributed by atoms with Gasteiger partial charge >= 0.3 is 0 Å². The summed E-state index contributed by atoms with van der Waals surface area (Å²) >= 11 is 0. The van der Waals surface area contributed by atoms with Crippen molar-refractivity contribution in [3.8, 4) is 0 Å². The molecule has 2 heterocycles. The zero-order chi connectivity index (χ0) is 17.7. The van der Waals surface area contributed by atoms with Crippen molar-refractivity contribution in [1.82, 2.24) is 15.1 Å². The average Bonchev–Trinajstić information content (AvgIpc) is 3.05. The Hall–Kier alpha value is -1.82. The summed E-state index contributed by atoms with van der Waals surface area (Å²) < 4.78 is 4.98. The smallest absolute Gasteiger partial charge is 0.257 e. The highest BCUT2D eigenvalue weighted by atomic mass is 16.3. The van der Waals surface area contributed by atoms with Gasteiger partial charge in [-0.15, -0.1) is 0 Å². The summed E-state index contributed by atoms with van der Waals surface area (Å²) in [5.41, 5.74) is 0.559. The van der Waals surface area contributed by atoms with E-state index in [1.807, 2.05) is 14.1 Å². The number of nitrogens with one attached hydrogen (secondary N) is 1. The summed E-state index contributed by atoms with van der Waals surface area (Å²) in [6.07, 6.45) is 4.63. The lowest BCUT2D eigenvalue weighted by Crippen LogP contribution is -2.47. The molecule has 134 valence electrons. The van der Waals surface area contributed by atoms with E-state index in [9.17, 15) is 9.59 Å². The van der Waals surface area contributed by atoms with Gasteiger partial charge in [0.05, 0.1) is 17.7 Å². The first-order chi connectivity index (χ1) is 11.3. The van der Waals surface area contributed by atoms with E-state index in [2.05, 4.69) is 24.1 Å².